The molecule has 0 aliphatic carbocycles. The molecule has 1 rings (SSSR count). The topological polar surface area (TPSA) is 189 Å². The second kappa shape index (κ2) is 21.3. The van der Waals surface area contributed by atoms with Crippen molar-refractivity contribution in [3.05, 3.63) is 29.3 Å². The van der Waals surface area contributed by atoms with Crippen LogP contribution in [0.15, 0.2) is 18.2 Å². The molecule has 11 nitrogen and oxygen atoms in total. The molecule has 4 atom stereocenters. The van der Waals surface area contributed by atoms with Gasteiger partial charge in [0.15, 0.2) is 10.2 Å². The van der Waals surface area contributed by atoms with Crippen molar-refractivity contribution in [1.82, 2.24) is 0 Å². The van der Waals surface area contributed by atoms with Crippen LogP contribution in [0.3, 0.4) is 0 Å². The summed E-state index contributed by atoms with van der Waals surface area (Å²) in [7, 11) is 0. The number of amides is 1. The Morgan fingerprint density at radius 1 is 0.681 bits per heavy atom. The zero-order valence-electron chi connectivity index (χ0n) is 27.0. The highest BCUT2D eigenvalue weighted by molar-refractivity contribution is 8.15. The summed E-state index contributed by atoms with van der Waals surface area (Å²) in [6.45, 7) is 7.00. The first-order chi connectivity index (χ1) is 21.9. The van der Waals surface area contributed by atoms with Crippen molar-refractivity contribution in [1.29, 1.82) is 0 Å². The lowest BCUT2D eigenvalue weighted by Gasteiger charge is -2.18. The zero-order chi connectivity index (χ0) is 35.8. The number of aryl methyl sites for hydroxylation is 1. The summed E-state index contributed by atoms with van der Waals surface area (Å²) in [4.78, 5) is 111. The van der Waals surface area contributed by atoms with Gasteiger partial charge in [0.25, 0.3) is 0 Å². The van der Waals surface area contributed by atoms with Crippen molar-refractivity contribution >= 4 is 98.3 Å². The number of Topliss-reactive ketones (excluding diaryl/α,β-unsaturated/α-hetero) is 4. The molecule has 0 heterocycles. The first kappa shape index (κ1) is 42.3. The number of thioether (sulfide) groups is 3. The first-order valence-electron chi connectivity index (χ1n) is 14.7. The summed E-state index contributed by atoms with van der Waals surface area (Å²) in [5.74, 6) is -6.12. The number of nitrogens with two attached hydrogens (primary N) is 1. The molecule has 15 heteroatoms. The van der Waals surface area contributed by atoms with E-state index in [0.717, 1.165) is 35.3 Å². The van der Waals surface area contributed by atoms with E-state index < -0.39 is 45.8 Å². The lowest BCUT2D eigenvalue weighted by Crippen LogP contribution is -2.28. The van der Waals surface area contributed by atoms with E-state index in [4.69, 9.17) is 10.5 Å². The average molecular weight is 728 g/mol. The summed E-state index contributed by atoms with van der Waals surface area (Å²) >= 11 is 6.48. The Kier molecular flexibility index (Phi) is 19.1. The molecule has 0 spiro atoms. The third-order valence-corrected chi connectivity index (χ3v) is 10.5. The predicted molar refractivity (Wildman–Crippen MR) is 187 cm³/mol. The van der Waals surface area contributed by atoms with Gasteiger partial charge in [-0.05, 0) is 52.3 Å². The summed E-state index contributed by atoms with van der Waals surface area (Å²) in [6.07, 6.45) is -0.474. The molecule has 2 N–H and O–H groups in total. The van der Waals surface area contributed by atoms with Crippen LogP contribution < -0.4 is 10.5 Å². The molecule has 0 aliphatic heterocycles. The van der Waals surface area contributed by atoms with Gasteiger partial charge in [0.1, 0.15) is 28.9 Å². The van der Waals surface area contributed by atoms with E-state index in [1.807, 2.05) is 0 Å². The Hall–Kier alpha value is -2.75. The molecule has 47 heavy (non-hydrogen) atoms. The number of rotatable bonds is 21. The number of carbonyl (C=O) groups excluding carboxylic acids is 9. The quantitative estimate of drug-likeness (QED) is 0.105. The number of ether oxygens (including phenoxy) is 1. The monoisotopic (exact) mass is 727 g/mol. The van der Waals surface area contributed by atoms with Crippen LogP contribution >= 0.6 is 47.9 Å². The average Bonchev–Trinajstić information content (AvgIpc) is 2.96. The van der Waals surface area contributed by atoms with Crippen molar-refractivity contribution in [2.45, 2.75) is 60.3 Å². The minimum atomic E-state index is -1.02. The summed E-state index contributed by atoms with van der Waals surface area (Å²) in [6, 6.07) is 4.57. The van der Waals surface area contributed by atoms with E-state index in [1.54, 1.807) is 13.0 Å². The standard InChI is InChI=1S/C32H41NO10S4/c1-17-6-7-26(32(42)47-16-25(12-21(5)37)31(41)45-14-23(28(33)38)10-19(3)35)27(8-17)43-29(39)24(11-20(4)36)15-46-30(40)22(13-44)9-18(2)34/h6-8,22-25,44H,9-16H2,1-5H3,(H2,33,38). The molecule has 0 saturated heterocycles. The molecule has 1 amide bonds. The minimum Gasteiger partial charge on any atom is -0.425 e. The largest absolute Gasteiger partial charge is 0.425 e. The van der Waals surface area contributed by atoms with Gasteiger partial charge in [0.05, 0.1) is 17.4 Å². The fourth-order valence-corrected chi connectivity index (χ4v) is 7.74. The van der Waals surface area contributed by atoms with Gasteiger partial charge in [0.2, 0.25) is 11.0 Å². The zero-order valence-corrected chi connectivity index (χ0v) is 30.4. The number of thiol groups is 1. The van der Waals surface area contributed by atoms with Crippen LogP contribution in [-0.2, 0) is 38.4 Å². The third kappa shape index (κ3) is 16.3. The van der Waals surface area contributed by atoms with Crippen LogP contribution in [0.1, 0.15) is 69.3 Å². The molecule has 0 saturated carbocycles. The van der Waals surface area contributed by atoms with Crippen molar-refractivity contribution in [3.63, 3.8) is 0 Å². The van der Waals surface area contributed by atoms with Crippen molar-refractivity contribution in [2.24, 2.45) is 29.4 Å². The summed E-state index contributed by atoms with van der Waals surface area (Å²) in [5.41, 5.74) is 6.04. The van der Waals surface area contributed by atoms with Gasteiger partial charge in [-0.25, -0.2) is 0 Å². The smallest absolute Gasteiger partial charge is 0.315 e. The molecule has 1 aromatic rings. The number of primary amides is 1. The third-order valence-electron chi connectivity index (χ3n) is 6.59. The maximum absolute atomic E-state index is 13.3. The maximum atomic E-state index is 13.3. The molecule has 0 bridgehead atoms. The van der Waals surface area contributed by atoms with Crippen LogP contribution in [0.2, 0.25) is 0 Å². The fourth-order valence-electron chi connectivity index (χ4n) is 4.20. The number of hydrogen-bond acceptors (Lipinski definition) is 14. The second-order valence-corrected chi connectivity index (χ2v) is 14.7. The first-order valence-corrected chi connectivity index (χ1v) is 18.2. The van der Waals surface area contributed by atoms with E-state index in [-0.39, 0.29) is 88.3 Å². The van der Waals surface area contributed by atoms with E-state index >= 15 is 0 Å². The van der Waals surface area contributed by atoms with Crippen LogP contribution in [0, 0.1) is 30.6 Å². The molecule has 4 unspecified atom stereocenters. The van der Waals surface area contributed by atoms with Crippen molar-refractivity contribution in [3.8, 4) is 5.75 Å². The summed E-state index contributed by atoms with van der Waals surface area (Å²) < 4.78 is 5.62. The molecule has 0 radical (unpaired) electrons. The van der Waals surface area contributed by atoms with Crippen molar-refractivity contribution in [2.75, 3.05) is 23.0 Å². The molecule has 1 aromatic carbocycles. The number of esters is 1. The normalized spacial score (nSPS) is 13.5. The number of ketones is 4. The van der Waals surface area contributed by atoms with Gasteiger partial charge in [-0.3, -0.25) is 24.0 Å². The molecular weight excluding hydrogens is 687 g/mol. The predicted octanol–water partition coefficient (Wildman–Crippen LogP) is 4.09. The van der Waals surface area contributed by atoms with E-state index in [1.165, 1.54) is 39.8 Å². The Morgan fingerprint density at radius 2 is 1.13 bits per heavy atom. The Bertz CT molecular complexity index is 1380. The highest BCUT2D eigenvalue weighted by atomic mass is 32.2. The maximum Gasteiger partial charge on any atom is 0.315 e. The van der Waals surface area contributed by atoms with Gasteiger partial charge in [0, 0.05) is 60.5 Å². The van der Waals surface area contributed by atoms with Crippen LogP contribution in [0.4, 0.5) is 0 Å². The lowest BCUT2D eigenvalue weighted by molar-refractivity contribution is -0.140. The SMILES string of the molecule is CC(=O)CC(CSC(=O)C(CSC(=O)c1ccc(C)cc1OC(=O)C(CSC(=O)C(CS)CC(C)=O)CC(C)=O)CC(C)=O)C(N)=O. The number of hydrogen-bond donors (Lipinski definition) is 2. The highest BCUT2D eigenvalue weighted by Gasteiger charge is 2.29. The molecule has 0 fully saturated rings. The van der Waals surface area contributed by atoms with E-state index in [9.17, 15) is 43.2 Å². The Morgan fingerprint density at radius 3 is 1.64 bits per heavy atom. The van der Waals surface area contributed by atoms with E-state index in [0.29, 0.717) is 5.56 Å². The highest BCUT2D eigenvalue weighted by Crippen LogP contribution is 2.30. The van der Waals surface area contributed by atoms with Gasteiger partial charge in [-0.2, -0.15) is 12.6 Å². The summed E-state index contributed by atoms with van der Waals surface area (Å²) in [5, 5.41) is -1.32. The Balaban J connectivity index is 3.09. The van der Waals surface area contributed by atoms with Gasteiger partial charge in [-0.15, -0.1) is 0 Å². The van der Waals surface area contributed by atoms with Crippen LogP contribution in [-0.4, -0.2) is 73.4 Å². The number of benzene rings is 1. The minimum absolute atomic E-state index is 0.00883. The van der Waals surface area contributed by atoms with Gasteiger partial charge >= 0.3 is 5.97 Å². The lowest BCUT2D eigenvalue weighted by atomic mass is 10.1. The van der Waals surface area contributed by atoms with Gasteiger partial charge < -0.3 is 29.6 Å². The van der Waals surface area contributed by atoms with Gasteiger partial charge in [-0.1, -0.05) is 41.4 Å². The number of carbonyl (C=O) groups is 9. The Labute approximate surface area is 292 Å². The van der Waals surface area contributed by atoms with Crippen molar-refractivity contribution < 1.29 is 47.9 Å². The second-order valence-electron chi connectivity index (χ2n) is 11.3. The van der Waals surface area contributed by atoms with Crippen LogP contribution in [0.25, 0.3) is 0 Å². The molecular formula is C32H41NO10S4. The van der Waals surface area contributed by atoms with E-state index in [2.05, 4.69) is 12.6 Å². The molecule has 258 valence electrons. The van der Waals surface area contributed by atoms with Crippen LogP contribution in [0.5, 0.6) is 5.75 Å². The molecule has 0 aliphatic rings. The fraction of sp³-hybridized carbons (Fsp3) is 0.531. The molecule has 0 aromatic heterocycles.